The van der Waals surface area contributed by atoms with Crippen molar-refractivity contribution in [1.82, 2.24) is 15.5 Å². The first-order valence-electron chi connectivity index (χ1n) is 7.71. The molecule has 1 fully saturated rings. The fourth-order valence-electron chi connectivity index (χ4n) is 2.48. The van der Waals surface area contributed by atoms with E-state index >= 15 is 0 Å². The smallest absolute Gasteiger partial charge is 0.322 e. The Labute approximate surface area is 143 Å². The first-order chi connectivity index (χ1) is 11.6. The molecule has 0 spiro atoms. The topological polar surface area (TPSA) is 179 Å². The van der Waals surface area contributed by atoms with Gasteiger partial charge in [-0.25, -0.2) is 0 Å². The molecule has 11 heteroatoms. The predicted octanol–water partition coefficient (Wildman–Crippen LogP) is -2.52. The van der Waals surface area contributed by atoms with Crippen molar-refractivity contribution in [3.05, 3.63) is 0 Å². The summed E-state index contributed by atoms with van der Waals surface area (Å²) >= 11 is 0. The summed E-state index contributed by atoms with van der Waals surface area (Å²) in [5.74, 6) is -4.32. The van der Waals surface area contributed by atoms with Crippen molar-refractivity contribution in [1.29, 1.82) is 0 Å². The van der Waals surface area contributed by atoms with E-state index in [1.165, 1.54) is 11.8 Å². The van der Waals surface area contributed by atoms with Gasteiger partial charge in [0, 0.05) is 6.54 Å². The number of carbonyl (C=O) groups excluding carboxylic acids is 3. The lowest BCUT2D eigenvalue weighted by atomic mass is 10.1. The van der Waals surface area contributed by atoms with Gasteiger partial charge >= 0.3 is 11.9 Å². The summed E-state index contributed by atoms with van der Waals surface area (Å²) in [6.45, 7) is 1.08. The minimum Gasteiger partial charge on any atom is -0.481 e. The second kappa shape index (κ2) is 8.97. The number of carbonyl (C=O) groups is 5. The van der Waals surface area contributed by atoms with Crippen LogP contribution in [0.1, 0.15) is 26.2 Å². The van der Waals surface area contributed by atoms with Gasteiger partial charge in [0.2, 0.25) is 17.7 Å². The van der Waals surface area contributed by atoms with Crippen LogP contribution in [0.3, 0.4) is 0 Å². The van der Waals surface area contributed by atoms with Gasteiger partial charge in [0.25, 0.3) is 0 Å². The van der Waals surface area contributed by atoms with Gasteiger partial charge in [0.15, 0.2) is 0 Å². The first-order valence-corrected chi connectivity index (χ1v) is 7.71. The van der Waals surface area contributed by atoms with Crippen LogP contribution in [0.15, 0.2) is 0 Å². The molecule has 0 saturated carbocycles. The molecule has 0 aromatic rings. The van der Waals surface area contributed by atoms with Crippen LogP contribution in [0.25, 0.3) is 0 Å². The van der Waals surface area contributed by atoms with Gasteiger partial charge in [-0.3, -0.25) is 24.0 Å². The number of nitrogens with one attached hydrogen (secondary N) is 2. The Kier molecular flexibility index (Phi) is 7.30. The molecule has 25 heavy (non-hydrogen) atoms. The van der Waals surface area contributed by atoms with Crippen LogP contribution >= 0.6 is 0 Å². The van der Waals surface area contributed by atoms with E-state index in [2.05, 4.69) is 10.6 Å². The molecule has 3 unspecified atom stereocenters. The van der Waals surface area contributed by atoms with Crippen molar-refractivity contribution in [3.8, 4) is 0 Å². The zero-order valence-electron chi connectivity index (χ0n) is 13.7. The standard InChI is InChI=1S/C14H22N4O7/c1-7(12(23)16-6-11(21)22)17-13(24)9-3-2-4-18(9)14(25)8(15)5-10(19)20/h7-9H,2-6,15H2,1H3,(H,16,23)(H,17,24)(H,19,20)(H,21,22). The number of hydrogen-bond donors (Lipinski definition) is 5. The monoisotopic (exact) mass is 358 g/mol. The molecule has 1 aliphatic rings. The highest BCUT2D eigenvalue weighted by Crippen LogP contribution is 2.19. The quantitative estimate of drug-likeness (QED) is 0.315. The van der Waals surface area contributed by atoms with E-state index in [-0.39, 0.29) is 6.54 Å². The Balaban J connectivity index is 2.64. The second-order valence-electron chi connectivity index (χ2n) is 5.74. The van der Waals surface area contributed by atoms with E-state index < -0.39 is 60.8 Å². The number of rotatable bonds is 8. The van der Waals surface area contributed by atoms with E-state index in [4.69, 9.17) is 15.9 Å². The van der Waals surface area contributed by atoms with E-state index in [0.717, 1.165) is 0 Å². The summed E-state index contributed by atoms with van der Waals surface area (Å²) in [7, 11) is 0. The van der Waals surface area contributed by atoms with Crippen molar-refractivity contribution in [2.24, 2.45) is 5.73 Å². The van der Waals surface area contributed by atoms with Crippen LogP contribution in [-0.4, -0.2) is 76.0 Å². The number of carboxylic acids is 2. The Morgan fingerprint density at radius 2 is 1.84 bits per heavy atom. The fraction of sp³-hybridized carbons (Fsp3) is 0.643. The number of likely N-dealkylation sites (tertiary alicyclic amines) is 1. The van der Waals surface area contributed by atoms with Crippen molar-refractivity contribution in [2.75, 3.05) is 13.1 Å². The summed E-state index contributed by atoms with van der Waals surface area (Å²) in [6, 6.07) is -3.08. The van der Waals surface area contributed by atoms with E-state index in [1.807, 2.05) is 0 Å². The average Bonchev–Trinajstić information content (AvgIpc) is 3.00. The molecule has 0 aromatic carbocycles. The summed E-state index contributed by atoms with van der Waals surface area (Å²) in [6.07, 6.45) is 0.363. The van der Waals surface area contributed by atoms with Crippen LogP contribution in [0.2, 0.25) is 0 Å². The summed E-state index contributed by atoms with van der Waals surface area (Å²) in [5, 5.41) is 21.8. The van der Waals surface area contributed by atoms with Gasteiger partial charge in [0.05, 0.1) is 12.5 Å². The predicted molar refractivity (Wildman–Crippen MR) is 83.2 cm³/mol. The lowest BCUT2D eigenvalue weighted by molar-refractivity contribution is -0.144. The highest BCUT2D eigenvalue weighted by atomic mass is 16.4. The van der Waals surface area contributed by atoms with Gasteiger partial charge in [0.1, 0.15) is 18.6 Å². The molecule has 0 radical (unpaired) electrons. The van der Waals surface area contributed by atoms with Crippen LogP contribution < -0.4 is 16.4 Å². The molecule has 3 amide bonds. The zero-order valence-corrected chi connectivity index (χ0v) is 13.7. The van der Waals surface area contributed by atoms with Crippen LogP contribution in [0, 0.1) is 0 Å². The molecule has 1 aliphatic heterocycles. The Morgan fingerprint density at radius 1 is 1.20 bits per heavy atom. The van der Waals surface area contributed by atoms with Crippen molar-refractivity contribution >= 4 is 29.7 Å². The van der Waals surface area contributed by atoms with Crippen LogP contribution in [0.4, 0.5) is 0 Å². The molecule has 140 valence electrons. The highest BCUT2D eigenvalue weighted by Gasteiger charge is 2.37. The maximum Gasteiger partial charge on any atom is 0.322 e. The molecule has 3 atom stereocenters. The zero-order chi connectivity index (χ0) is 19.1. The third kappa shape index (κ3) is 6.03. The SMILES string of the molecule is CC(NC(=O)C1CCCN1C(=O)C(N)CC(=O)O)C(=O)NCC(=O)O. The van der Waals surface area contributed by atoms with Gasteiger partial charge in [-0.2, -0.15) is 0 Å². The normalized spacial score (nSPS) is 19.0. The molecule has 11 nitrogen and oxygen atoms in total. The summed E-state index contributed by atoms with van der Waals surface area (Å²) in [4.78, 5) is 58.5. The maximum atomic E-state index is 12.3. The minimum atomic E-state index is -1.25. The minimum absolute atomic E-state index is 0.268. The lowest BCUT2D eigenvalue weighted by Gasteiger charge is -2.27. The maximum absolute atomic E-state index is 12.3. The van der Waals surface area contributed by atoms with Gasteiger partial charge in [-0.1, -0.05) is 0 Å². The van der Waals surface area contributed by atoms with E-state index in [0.29, 0.717) is 12.8 Å². The van der Waals surface area contributed by atoms with Crippen LogP contribution in [-0.2, 0) is 24.0 Å². The molecule has 0 aromatic heterocycles. The van der Waals surface area contributed by atoms with Crippen molar-refractivity contribution in [2.45, 2.75) is 44.3 Å². The largest absolute Gasteiger partial charge is 0.481 e. The molecule has 1 saturated heterocycles. The number of nitrogens with zero attached hydrogens (tertiary/aromatic N) is 1. The fourth-order valence-corrected chi connectivity index (χ4v) is 2.48. The third-order valence-electron chi connectivity index (χ3n) is 3.72. The van der Waals surface area contributed by atoms with Crippen molar-refractivity contribution in [3.63, 3.8) is 0 Å². The average molecular weight is 358 g/mol. The summed E-state index contributed by atoms with van der Waals surface area (Å²) in [5.41, 5.74) is 5.55. The Morgan fingerprint density at radius 3 is 2.40 bits per heavy atom. The Hall–Kier alpha value is -2.69. The Bertz CT molecular complexity index is 565. The molecule has 0 aliphatic carbocycles. The molecular weight excluding hydrogens is 336 g/mol. The number of carboxylic acid groups (broad SMARTS) is 2. The molecule has 1 rings (SSSR count). The van der Waals surface area contributed by atoms with E-state index in [9.17, 15) is 24.0 Å². The van der Waals surface area contributed by atoms with E-state index in [1.54, 1.807) is 0 Å². The van der Waals surface area contributed by atoms with Crippen LogP contribution in [0.5, 0.6) is 0 Å². The summed E-state index contributed by atoms with van der Waals surface area (Å²) < 4.78 is 0. The van der Waals surface area contributed by atoms with Gasteiger partial charge < -0.3 is 31.5 Å². The third-order valence-corrected chi connectivity index (χ3v) is 3.72. The molecule has 0 bridgehead atoms. The molecular formula is C14H22N4O7. The number of amides is 3. The number of hydrogen-bond acceptors (Lipinski definition) is 6. The molecule has 1 heterocycles. The number of aliphatic carboxylic acids is 2. The van der Waals surface area contributed by atoms with Crippen molar-refractivity contribution < 1.29 is 34.2 Å². The first kappa shape index (κ1) is 20.4. The lowest BCUT2D eigenvalue weighted by Crippen LogP contribution is -2.55. The number of nitrogens with two attached hydrogens (primary N) is 1. The highest BCUT2D eigenvalue weighted by molar-refractivity contribution is 5.94. The molecule has 6 N–H and O–H groups in total. The van der Waals surface area contributed by atoms with Gasteiger partial charge in [-0.15, -0.1) is 0 Å². The second-order valence-corrected chi connectivity index (χ2v) is 5.74. The van der Waals surface area contributed by atoms with Gasteiger partial charge in [-0.05, 0) is 19.8 Å².